The van der Waals surface area contributed by atoms with Gasteiger partial charge in [-0.05, 0) is 57.4 Å². The molecule has 5 rings (SSSR count). The van der Waals surface area contributed by atoms with Gasteiger partial charge < -0.3 is 4.74 Å². The van der Waals surface area contributed by atoms with E-state index in [-0.39, 0.29) is 17.8 Å². The van der Waals surface area contributed by atoms with Gasteiger partial charge in [0.15, 0.2) is 0 Å². The van der Waals surface area contributed by atoms with Crippen LogP contribution in [0.2, 0.25) is 0 Å². The molecule has 0 radical (unpaired) electrons. The third kappa shape index (κ3) is 3.77. The number of rotatable bonds is 3. The third-order valence-electron chi connectivity index (χ3n) is 6.26. The van der Waals surface area contributed by atoms with E-state index in [9.17, 15) is 4.39 Å². The molecule has 1 aliphatic rings. The molecule has 7 heteroatoms. The highest BCUT2D eigenvalue weighted by molar-refractivity contribution is 5.89. The molecule has 0 spiro atoms. The maximum Gasteiger partial charge on any atom is 0.132 e. The number of ether oxygens (including phenoxy) is 1. The lowest BCUT2D eigenvalue weighted by atomic mass is 9.89. The van der Waals surface area contributed by atoms with Crippen molar-refractivity contribution in [1.82, 2.24) is 24.7 Å². The average molecular weight is 432 g/mol. The van der Waals surface area contributed by atoms with Crippen molar-refractivity contribution in [1.29, 1.82) is 0 Å². The zero-order valence-corrected chi connectivity index (χ0v) is 18.8. The first-order valence-corrected chi connectivity index (χ1v) is 10.9. The first-order valence-electron chi connectivity index (χ1n) is 10.9. The predicted molar refractivity (Wildman–Crippen MR) is 121 cm³/mol. The van der Waals surface area contributed by atoms with Crippen LogP contribution in [0.3, 0.4) is 0 Å². The molecule has 0 N–H and O–H groups in total. The molecule has 2 atom stereocenters. The molecule has 1 aromatic carbocycles. The van der Waals surface area contributed by atoms with Gasteiger partial charge in [0.1, 0.15) is 17.0 Å². The summed E-state index contributed by atoms with van der Waals surface area (Å²) in [6.07, 6.45) is 5.45. The lowest BCUT2D eigenvalue weighted by Gasteiger charge is -2.29. The maximum atomic E-state index is 15.0. The van der Waals surface area contributed by atoms with Gasteiger partial charge >= 0.3 is 0 Å². The topological polar surface area (TPSA) is 65.7 Å². The highest BCUT2D eigenvalue weighted by atomic mass is 19.1. The van der Waals surface area contributed by atoms with Crippen LogP contribution in [-0.2, 0) is 11.8 Å². The Hall–Kier alpha value is -3.19. The van der Waals surface area contributed by atoms with Crippen LogP contribution in [0.4, 0.5) is 4.39 Å². The van der Waals surface area contributed by atoms with Crippen molar-refractivity contribution in [3.63, 3.8) is 0 Å². The molecule has 32 heavy (non-hydrogen) atoms. The van der Waals surface area contributed by atoms with E-state index in [1.165, 1.54) is 6.07 Å². The van der Waals surface area contributed by atoms with Gasteiger partial charge in [-0.15, -0.1) is 0 Å². The molecule has 164 valence electrons. The molecule has 2 unspecified atom stereocenters. The van der Waals surface area contributed by atoms with Crippen LogP contribution in [0.25, 0.3) is 22.3 Å². The van der Waals surface area contributed by atoms with Crippen molar-refractivity contribution in [2.24, 2.45) is 7.05 Å². The van der Waals surface area contributed by atoms with Gasteiger partial charge in [0.25, 0.3) is 0 Å². The third-order valence-corrected chi connectivity index (χ3v) is 6.26. The van der Waals surface area contributed by atoms with E-state index in [2.05, 4.69) is 5.10 Å². The van der Waals surface area contributed by atoms with Crippen molar-refractivity contribution in [2.45, 2.75) is 45.6 Å². The van der Waals surface area contributed by atoms with Gasteiger partial charge in [-0.3, -0.25) is 4.68 Å². The van der Waals surface area contributed by atoms with Crippen LogP contribution in [0.5, 0.6) is 0 Å². The maximum absolute atomic E-state index is 15.0. The molecular formula is C25H26FN5O. The molecule has 4 heterocycles. The molecule has 1 aliphatic heterocycles. The number of aryl methyl sites for hydroxylation is 4. The Kier molecular flexibility index (Phi) is 5.21. The summed E-state index contributed by atoms with van der Waals surface area (Å²) in [5.74, 6) is -0.120. The Balaban J connectivity index is 1.62. The fourth-order valence-electron chi connectivity index (χ4n) is 4.36. The smallest absolute Gasteiger partial charge is 0.132 e. The summed E-state index contributed by atoms with van der Waals surface area (Å²) in [6.45, 7) is 6.38. The van der Waals surface area contributed by atoms with E-state index in [4.69, 9.17) is 19.7 Å². The summed E-state index contributed by atoms with van der Waals surface area (Å²) in [4.78, 5) is 14.5. The second-order valence-corrected chi connectivity index (χ2v) is 8.67. The zero-order valence-electron chi connectivity index (χ0n) is 18.8. The summed E-state index contributed by atoms with van der Waals surface area (Å²) >= 11 is 0. The Labute approximate surface area is 186 Å². The van der Waals surface area contributed by atoms with Crippen molar-refractivity contribution < 1.29 is 9.13 Å². The summed E-state index contributed by atoms with van der Waals surface area (Å²) in [5, 5.41) is 4.28. The summed E-state index contributed by atoms with van der Waals surface area (Å²) in [7, 11) is 1.90. The van der Waals surface area contributed by atoms with E-state index in [1.54, 1.807) is 10.7 Å². The van der Waals surface area contributed by atoms with Gasteiger partial charge in [-0.25, -0.2) is 19.3 Å². The molecule has 0 saturated carbocycles. The Bertz CT molecular complexity index is 1320. The van der Waals surface area contributed by atoms with Crippen molar-refractivity contribution in [2.75, 3.05) is 6.61 Å². The molecule has 0 amide bonds. The first kappa shape index (κ1) is 20.7. The van der Waals surface area contributed by atoms with Crippen LogP contribution >= 0.6 is 0 Å². The van der Waals surface area contributed by atoms with E-state index < -0.39 is 0 Å². The van der Waals surface area contributed by atoms with Crippen LogP contribution in [0.1, 0.15) is 53.1 Å². The molecule has 0 aliphatic carbocycles. The highest BCUT2D eigenvalue weighted by Gasteiger charge is 2.28. The second-order valence-electron chi connectivity index (χ2n) is 8.67. The quantitative estimate of drug-likeness (QED) is 0.450. The van der Waals surface area contributed by atoms with Gasteiger partial charge in [0.2, 0.25) is 0 Å². The van der Waals surface area contributed by atoms with Crippen LogP contribution in [-0.4, -0.2) is 31.3 Å². The van der Waals surface area contributed by atoms with Crippen LogP contribution in [0.15, 0.2) is 36.7 Å². The Morgan fingerprint density at radius 3 is 2.62 bits per heavy atom. The van der Waals surface area contributed by atoms with E-state index in [1.807, 2.05) is 52.3 Å². The fourth-order valence-corrected chi connectivity index (χ4v) is 4.36. The Morgan fingerprint density at radius 1 is 1.06 bits per heavy atom. The first-order chi connectivity index (χ1) is 15.4. The normalized spacial score (nSPS) is 18.9. The van der Waals surface area contributed by atoms with E-state index >= 15 is 0 Å². The average Bonchev–Trinajstić information content (AvgIpc) is 3.21. The highest BCUT2D eigenvalue weighted by Crippen LogP contribution is 2.39. The number of pyridine rings is 1. The van der Waals surface area contributed by atoms with Crippen LogP contribution < -0.4 is 0 Å². The minimum absolute atomic E-state index is 0.0367. The standard InChI is InChI=1S/C25H26FN5O/c1-14-5-6-19(20(26)9-14)24-25-22(28-15(2)16(3)29-25)11-21(30-24)17-7-8-32-23(10-17)18-12-27-31(4)13-18/h5-6,9,11-13,17,23H,7-8,10H2,1-4H3. The summed E-state index contributed by atoms with van der Waals surface area (Å²) < 4.78 is 22.8. The van der Waals surface area contributed by atoms with Crippen molar-refractivity contribution >= 4 is 11.0 Å². The fraction of sp³-hybridized carbons (Fsp3) is 0.360. The van der Waals surface area contributed by atoms with E-state index in [0.29, 0.717) is 23.4 Å². The molecular weight excluding hydrogens is 405 g/mol. The number of halogens is 1. The van der Waals surface area contributed by atoms with E-state index in [0.717, 1.165) is 46.6 Å². The molecule has 3 aromatic heterocycles. The number of fused-ring (bicyclic) bond motifs is 1. The molecule has 4 aromatic rings. The van der Waals surface area contributed by atoms with Crippen LogP contribution in [0, 0.1) is 26.6 Å². The lowest BCUT2D eigenvalue weighted by molar-refractivity contribution is 0.00464. The molecule has 1 fully saturated rings. The summed E-state index contributed by atoms with van der Waals surface area (Å²) in [6, 6.07) is 7.24. The minimum atomic E-state index is -0.295. The largest absolute Gasteiger partial charge is 0.373 e. The Morgan fingerprint density at radius 2 is 1.88 bits per heavy atom. The lowest BCUT2D eigenvalue weighted by Crippen LogP contribution is -2.19. The van der Waals surface area contributed by atoms with Gasteiger partial charge in [0, 0.05) is 42.6 Å². The second kappa shape index (κ2) is 8.06. The predicted octanol–water partition coefficient (Wildman–Crippen LogP) is 5.12. The molecule has 6 nitrogen and oxygen atoms in total. The number of hydrogen-bond donors (Lipinski definition) is 0. The number of benzene rings is 1. The molecule has 1 saturated heterocycles. The SMILES string of the molecule is Cc1ccc(-c2nc(C3CCOC(c4cnn(C)c4)C3)cc3nc(C)c(C)nc23)c(F)c1. The van der Waals surface area contributed by atoms with Crippen molar-refractivity contribution in [3.8, 4) is 11.3 Å². The van der Waals surface area contributed by atoms with Gasteiger partial charge in [-0.2, -0.15) is 5.10 Å². The van der Waals surface area contributed by atoms with Gasteiger partial charge in [0.05, 0.1) is 29.2 Å². The molecule has 0 bridgehead atoms. The minimum Gasteiger partial charge on any atom is -0.373 e. The van der Waals surface area contributed by atoms with Gasteiger partial charge in [-0.1, -0.05) is 6.07 Å². The monoisotopic (exact) mass is 431 g/mol. The zero-order chi connectivity index (χ0) is 22.4. The number of hydrogen-bond acceptors (Lipinski definition) is 5. The van der Waals surface area contributed by atoms with Crippen molar-refractivity contribution in [3.05, 3.63) is 70.7 Å². The number of aromatic nitrogens is 5. The number of nitrogens with zero attached hydrogens (tertiary/aromatic N) is 5. The summed E-state index contributed by atoms with van der Waals surface area (Å²) in [5.41, 5.74) is 6.91.